The van der Waals surface area contributed by atoms with E-state index in [1.165, 1.54) is 37.4 Å². The van der Waals surface area contributed by atoms with Crippen LogP contribution in [0.5, 0.6) is 11.8 Å². The van der Waals surface area contributed by atoms with E-state index < -0.39 is 17.7 Å². The average Bonchev–Trinajstić information content (AvgIpc) is 4.10. The zero-order chi connectivity index (χ0) is 52.8. The van der Waals surface area contributed by atoms with Crippen molar-refractivity contribution in [3.8, 4) is 41.4 Å². The van der Waals surface area contributed by atoms with Crippen molar-refractivity contribution >= 4 is 51.4 Å². The number of terminal acetylenes is 1. The normalized spacial score (nSPS) is 18.6. The summed E-state index contributed by atoms with van der Waals surface area (Å²) in [5, 5.41) is 24.5. The van der Waals surface area contributed by atoms with Crippen LogP contribution in [0.3, 0.4) is 0 Å². The second kappa shape index (κ2) is 22.8. The van der Waals surface area contributed by atoms with Crippen LogP contribution in [0.15, 0.2) is 73.6 Å². The molecule has 3 saturated heterocycles. The summed E-state index contributed by atoms with van der Waals surface area (Å²) in [4.78, 5) is 62.4. The third-order valence-electron chi connectivity index (χ3n) is 15.2. The third-order valence-corrected chi connectivity index (χ3v) is 15.2. The predicted octanol–water partition coefficient (Wildman–Crippen LogP) is 6.91. The number of benzene rings is 3. The zero-order valence-electron chi connectivity index (χ0n) is 42.4. The molecule has 3 aromatic carbocycles. The number of aromatic hydroxyl groups is 1. The molecule has 4 aliphatic heterocycles. The van der Waals surface area contributed by atoms with Crippen LogP contribution in [-0.4, -0.2) is 138 Å². The number of nitrogens with one attached hydrogen (secondary N) is 2. The highest BCUT2D eigenvalue weighted by atomic mass is 19.1. The maximum absolute atomic E-state index is 17.2. The number of piperazine rings is 1. The van der Waals surface area contributed by atoms with Crippen LogP contribution in [0.25, 0.3) is 32.9 Å². The first kappa shape index (κ1) is 52.2. The fourth-order valence-electron chi connectivity index (χ4n) is 11.0. The van der Waals surface area contributed by atoms with Gasteiger partial charge >= 0.3 is 6.01 Å². The highest BCUT2D eigenvalue weighted by molar-refractivity contribution is 6.03. The van der Waals surface area contributed by atoms with Crippen molar-refractivity contribution in [1.82, 2.24) is 40.3 Å². The van der Waals surface area contributed by atoms with Crippen LogP contribution in [-0.2, 0) is 16.1 Å². The van der Waals surface area contributed by atoms with Gasteiger partial charge in [-0.05, 0) is 98.2 Å². The fourth-order valence-corrected chi connectivity index (χ4v) is 11.0. The van der Waals surface area contributed by atoms with Crippen molar-refractivity contribution in [3.63, 3.8) is 0 Å². The number of rotatable bonds is 18. The number of ether oxygens (including phenoxy) is 1. The van der Waals surface area contributed by atoms with Crippen LogP contribution in [0.4, 0.5) is 20.3 Å². The van der Waals surface area contributed by atoms with Gasteiger partial charge < -0.3 is 45.0 Å². The summed E-state index contributed by atoms with van der Waals surface area (Å²) in [6.45, 7) is 18.8. The van der Waals surface area contributed by atoms with Gasteiger partial charge in [-0.15, -0.1) is 13.0 Å². The Balaban J connectivity index is 0.00000224. The molecule has 16 nitrogen and oxygen atoms in total. The van der Waals surface area contributed by atoms with Crippen molar-refractivity contribution < 1.29 is 33.0 Å². The second-order valence-corrected chi connectivity index (χ2v) is 20.2. The summed E-state index contributed by atoms with van der Waals surface area (Å²) in [6, 6.07) is 12.8. The molecule has 18 heteroatoms. The number of amides is 3. The lowest BCUT2D eigenvalue weighted by Crippen LogP contribution is -2.50. The van der Waals surface area contributed by atoms with Gasteiger partial charge in [-0.1, -0.05) is 24.6 Å². The van der Waals surface area contributed by atoms with Crippen molar-refractivity contribution in [2.45, 2.75) is 64.5 Å². The first-order valence-electron chi connectivity index (χ1n) is 25.7. The van der Waals surface area contributed by atoms with Crippen molar-refractivity contribution in [2.24, 2.45) is 11.3 Å². The largest absolute Gasteiger partial charge is 0.508 e. The average molecular weight is 1020 g/mol. The Hall–Kier alpha value is -7.67. The first-order chi connectivity index (χ1) is 36.4. The van der Waals surface area contributed by atoms with Crippen LogP contribution < -0.4 is 25.2 Å². The molecule has 75 heavy (non-hydrogen) atoms. The van der Waals surface area contributed by atoms with Crippen molar-refractivity contribution in [3.05, 3.63) is 102 Å². The van der Waals surface area contributed by atoms with E-state index in [1.807, 2.05) is 11.0 Å². The number of carbonyl (C=O) groups excluding carboxylic acids is 3. The fraction of sp³-hybridized carbons (Fsp3) is 0.421. The number of anilines is 2. The van der Waals surface area contributed by atoms with Crippen molar-refractivity contribution in [1.29, 1.82) is 5.26 Å². The number of hydrogen-bond acceptors (Lipinski definition) is 13. The van der Waals surface area contributed by atoms with Crippen molar-refractivity contribution in [2.75, 3.05) is 88.4 Å². The Morgan fingerprint density at radius 1 is 1.03 bits per heavy atom. The molecule has 1 unspecified atom stereocenters. The molecule has 1 saturated carbocycles. The Bertz CT molecular complexity index is 3100. The van der Waals surface area contributed by atoms with Gasteiger partial charge in [-0.25, -0.2) is 8.78 Å². The molecule has 6 heterocycles. The van der Waals surface area contributed by atoms with Gasteiger partial charge in [0.2, 0.25) is 12.3 Å². The van der Waals surface area contributed by atoms with Gasteiger partial charge in [0.1, 0.15) is 34.6 Å². The van der Waals surface area contributed by atoms with Gasteiger partial charge in [-0.2, -0.15) is 15.2 Å². The first-order valence-corrected chi connectivity index (χ1v) is 25.7. The molecule has 0 radical (unpaired) electrons. The molecule has 2 aromatic heterocycles. The van der Waals surface area contributed by atoms with E-state index in [2.05, 4.69) is 66.5 Å². The Labute approximate surface area is 436 Å². The predicted molar refractivity (Wildman–Crippen MR) is 284 cm³/mol. The molecular formula is C57H63F2N11O5. The topological polar surface area (TPSA) is 183 Å². The standard InChI is InChI=1S/C55H60F2N10O5.C2H3N/c1-4-6-18-66(21-17-58-34-68)51-44-29-59-49(43-28-40(69)27-37-8-11-45(56)41(5-2)47(37)43)48(57)50(44)61-54(62-51)72-33-55(15-16-55)32-64-24-22-63(23-25-64)30-36-13-19-65(20-14-36)39-9-10-42-38(26-39)31-67(53(42)71)46-12-7-35(3)60-52(46)70;1-2-3/h2,4,8-11,26-29,34,36,46,69H,1,3,6-7,12-25,30-33H2,(H,58,68)(H,60,70);1H3. The zero-order valence-corrected chi connectivity index (χ0v) is 42.4. The molecule has 3 amide bonds. The number of nitriles is 1. The van der Waals surface area contributed by atoms with E-state index >= 15 is 8.78 Å². The number of carbonyl (C=O) groups is 3. The summed E-state index contributed by atoms with van der Waals surface area (Å²) in [6.07, 6.45) is 15.6. The number of halogens is 2. The number of hydrogen-bond donors (Lipinski definition) is 3. The second-order valence-electron chi connectivity index (χ2n) is 20.2. The number of phenolic OH excluding ortho intramolecular Hbond substituents is 1. The number of piperidine rings is 2. The lowest BCUT2D eigenvalue weighted by atomic mass is 9.95. The van der Waals surface area contributed by atoms with Gasteiger partial charge in [0.15, 0.2) is 5.82 Å². The minimum atomic E-state index is -0.815. The van der Waals surface area contributed by atoms with E-state index in [0.717, 1.165) is 89.3 Å². The van der Waals surface area contributed by atoms with Gasteiger partial charge in [0, 0.05) is 125 Å². The molecular weight excluding hydrogens is 957 g/mol. The highest BCUT2D eigenvalue weighted by Gasteiger charge is 2.46. The van der Waals surface area contributed by atoms with Crippen LogP contribution >= 0.6 is 0 Å². The Kier molecular flexibility index (Phi) is 15.9. The van der Waals surface area contributed by atoms with Crippen LogP contribution in [0.1, 0.15) is 73.4 Å². The van der Waals surface area contributed by atoms with E-state index in [4.69, 9.17) is 21.4 Å². The summed E-state index contributed by atoms with van der Waals surface area (Å²) in [5.41, 5.74) is 3.19. The summed E-state index contributed by atoms with van der Waals surface area (Å²) in [7, 11) is 0. The summed E-state index contributed by atoms with van der Waals surface area (Å²) >= 11 is 0. The summed E-state index contributed by atoms with van der Waals surface area (Å²) in [5.74, 6) is 1.48. The van der Waals surface area contributed by atoms with E-state index in [-0.39, 0.29) is 56.7 Å². The molecule has 5 aromatic rings. The molecule has 0 bridgehead atoms. The SMILES string of the molecule is C#Cc1c(F)ccc2cc(O)cc(-c3ncc4c(N(CCC=C)CCNC=O)nc(OCC5(CN6CCN(CC7CCN(c8ccc9c(c8)CN(C8CCC(=C)NC8=O)C9=O)CC7)CC6)CC5)nc4c3F)c12.CC#N. The van der Waals surface area contributed by atoms with Gasteiger partial charge in [0.05, 0.1) is 23.6 Å². The Morgan fingerprint density at radius 3 is 2.49 bits per heavy atom. The molecule has 5 aliphatic rings. The summed E-state index contributed by atoms with van der Waals surface area (Å²) < 4.78 is 38.7. The molecule has 1 atom stereocenters. The molecule has 1 aliphatic carbocycles. The lowest BCUT2D eigenvalue weighted by Gasteiger charge is -2.40. The quantitative estimate of drug-likeness (QED) is 0.0357. The number of phenols is 1. The monoisotopic (exact) mass is 1020 g/mol. The number of fused-ring (bicyclic) bond motifs is 3. The van der Waals surface area contributed by atoms with Crippen LogP contribution in [0.2, 0.25) is 0 Å². The Morgan fingerprint density at radius 2 is 1.79 bits per heavy atom. The maximum Gasteiger partial charge on any atom is 0.319 e. The molecule has 0 spiro atoms. The smallest absolute Gasteiger partial charge is 0.319 e. The van der Waals surface area contributed by atoms with Crippen LogP contribution in [0, 0.1) is 46.6 Å². The molecule has 390 valence electrons. The van der Waals surface area contributed by atoms with E-state index in [9.17, 15) is 19.5 Å². The number of nitrogens with zero attached hydrogens (tertiary/aromatic N) is 9. The third kappa shape index (κ3) is 11.4. The number of pyridine rings is 1. The van der Waals surface area contributed by atoms with Gasteiger partial charge in [0.25, 0.3) is 5.91 Å². The molecule has 3 N–H and O–H groups in total. The lowest BCUT2D eigenvalue weighted by molar-refractivity contribution is -0.126. The minimum Gasteiger partial charge on any atom is -0.508 e. The number of aromatic nitrogens is 3. The highest BCUT2D eigenvalue weighted by Crippen LogP contribution is 2.47. The maximum atomic E-state index is 17.2. The van der Waals surface area contributed by atoms with E-state index in [0.29, 0.717) is 92.2 Å². The number of allylic oxidation sites excluding steroid dienone is 1. The van der Waals surface area contributed by atoms with E-state index in [1.54, 1.807) is 17.0 Å². The van der Waals surface area contributed by atoms with Gasteiger partial charge in [-0.3, -0.25) is 19.4 Å². The molecule has 10 rings (SSSR count). The molecule has 4 fully saturated rings. The minimum absolute atomic E-state index is 0.00559.